The molecule has 158 valence electrons. The largest absolute Gasteiger partial charge is 0.358 e. The van der Waals surface area contributed by atoms with E-state index in [0.717, 1.165) is 36.9 Å². The van der Waals surface area contributed by atoms with Crippen LogP contribution in [0.2, 0.25) is 0 Å². The average Bonchev–Trinajstić information content (AvgIpc) is 3.03. The Morgan fingerprint density at radius 1 is 0.963 bits per heavy atom. The number of carbonyl (C=O) groups is 4. The zero-order valence-corrected chi connectivity index (χ0v) is 18.4. The molecule has 0 unspecified atom stereocenters. The van der Waals surface area contributed by atoms with Gasteiger partial charge in [0.2, 0.25) is 24.6 Å². The highest BCUT2D eigenvalue weighted by atomic mass is 33.1. The van der Waals surface area contributed by atoms with Crippen LogP contribution in [0.25, 0.3) is 0 Å². The lowest BCUT2D eigenvalue weighted by Gasteiger charge is -1.99. The predicted octanol–water partition coefficient (Wildman–Crippen LogP) is 0.367. The summed E-state index contributed by atoms with van der Waals surface area (Å²) in [5.41, 5.74) is 10.4. The molecule has 0 spiro atoms. The van der Waals surface area contributed by atoms with Gasteiger partial charge < -0.3 is 16.8 Å². The second kappa shape index (κ2) is 27.5. The zero-order chi connectivity index (χ0) is 21.3. The average molecular weight is 460 g/mol. The first-order chi connectivity index (χ1) is 13.1. The van der Waals surface area contributed by atoms with Crippen LogP contribution in [-0.2, 0) is 19.2 Å². The minimum Gasteiger partial charge on any atom is -0.358 e. The molecule has 0 saturated carbocycles. The van der Waals surface area contributed by atoms with Gasteiger partial charge in [-0.05, 0) is 11.0 Å². The van der Waals surface area contributed by atoms with Gasteiger partial charge in [0, 0.05) is 49.7 Å². The Morgan fingerprint density at radius 2 is 1.44 bits per heavy atom. The maximum Gasteiger partial charge on any atom is 0.236 e. The third kappa shape index (κ3) is 23.3. The van der Waals surface area contributed by atoms with Crippen molar-refractivity contribution in [2.24, 2.45) is 16.6 Å². The monoisotopic (exact) mass is 459 g/mol. The summed E-state index contributed by atoms with van der Waals surface area (Å²) >= 11 is 0. The van der Waals surface area contributed by atoms with Crippen LogP contribution in [0.5, 0.6) is 0 Å². The van der Waals surface area contributed by atoms with Gasteiger partial charge in [-0.1, -0.05) is 32.4 Å². The van der Waals surface area contributed by atoms with E-state index in [-0.39, 0.29) is 19.3 Å². The maximum atomic E-state index is 10.5. The molecule has 0 aromatic carbocycles. The molecule has 0 radical (unpaired) electrons. The molecular formula is C14H29N5O4S4. The number of carbonyl (C=O) groups excluding carboxylic acids is 4. The fraction of sp³-hybridized carbons (Fsp3) is 0.571. The molecule has 27 heavy (non-hydrogen) atoms. The molecule has 0 aliphatic carbocycles. The number of rotatable bonds is 11. The van der Waals surface area contributed by atoms with Crippen LogP contribution in [0.4, 0.5) is 0 Å². The summed E-state index contributed by atoms with van der Waals surface area (Å²) in [6.45, 7) is 8.18. The van der Waals surface area contributed by atoms with Crippen molar-refractivity contribution < 1.29 is 19.2 Å². The number of imide groups is 3. The van der Waals surface area contributed by atoms with Gasteiger partial charge >= 0.3 is 0 Å². The summed E-state index contributed by atoms with van der Waals surface area (Å²) in [6, 6.07) is 0. The van der Waals surface area contributed by atoms with Crippen molar-refractivity contribution in [1.82, 2.24) is 10.2 Å². The quantitative estimate of drug-likeness (QED) is 0.0843. The molecule has 1 fully saturated rings. The lowest BCUT2D eigenvalue weighted by atomic mass is 10.4. The van der Waals surface area contributed by atoms with E-state index < -0.39 is 11.8 Å². The van der Waals surface area contributed by atoms with Gasteiger partial charge in [0.05, 0.1) is 0 Å². The van der Waals surface area contributed by atoms with Gasteiger partial charge in [0.15, 0.2) is 0 Å². The van der Waals surface area contributed by atoms with Crippen LogP contribution < -0.4 is 21.9 Å². The third-order valence-corrected chi connectivity index (χ3v) is 6.05. The molecule has 0 atom stereocenters. The van der Waals surface area contributed by atoms with E-state index >= 15 is 0 Å². The Bertz CT molecular complexity index is 375. The van der Waals surface area contributed by atoms with Crippen LogP contribution >= 0.6 is 43.4 Å². The second-order valence-electron chi connectivity index (χ2n) is 3.97. The molecule has 1 aliphatic heterocycles. The Labute approximate surface area is 176 Å². The minimum absolute atomic E-state index is 0.178. The molecule has 0 aromatic rings. The molecule has 4 amide bonds. The van der Waals surface area contributed by atoms with Crippen LogP contribution in [-0.4, -0.2) is 66.4 Å². The summed E-state index contributed by atoms with van der Waals surface area (Å²) in [5.74, 6) is 2.08. The molecular weight excluding hydrogens is 430 g/mol. The second-order valence-corrected chi connectivity index (χ2v) is 8.80. The summed E-state index contributed by atoms with van der Waals surface area (Å²) < 4.78 is 0. The first-order valence-corrected chi connectivity index (χ1v) is 12.6. The number of nitrogens with zero attached hydrogens (tertiary/aromatic N) is 1. The summed E-state index contributed by atoms with van der Waals surface area (Å²) in [5, 5.41) is 7.62. The van der Waals surface area contributed by atoms with Crippen molar-refractivity contribution in [1.29, 1.82) is 0 Å². The molecule has 9 nitrogen and oxygen atoms in total. The topological polar surface area (TPSA) is 162 Å². The highest BCUT2D eigenvalue weighted by Gasteiger charge is 2.27. The Balaban J connectivity index is -0.000000314. The zero-order valence-electron chi connectivity index (χ0n) is 15.2. The Morgan fingerprint density at radius 3 is 1.78 bits per heavy atom. The molecule has 1 aliphatic rings. The number of likely N-dealkylation sites (tertiary alicyclic amines) is 1. The van der Waals surface area contributed by atoms with Crippen LogP contribution in [0, 0.1) is 0 Å². The van der Waals surface area contributed by atoms with Gasteiger partial charge in [-0.15, -0.1) is 13.2 Å². The van der Waals surface area contributed by atoms with E-state index in [0.29, 0.717) is 11.3 Å². The number of nitrogens with one attached hydrogen (secondary N) is 1. The van der Waals surface area contributed by atoms with Gasteiger partial charge in [-0.3, -0.25) is 24.3 Å². The van der Waals surface area contributed by atoms with E-state index in [1.54, 1.807) is 32.4 Å². The van der Waals surface area contributed by atoms with Crippen LogP contribution in [0.15, 0.2) is 13.2 Å². The summed E-state index contributed by atoms with van der Waals surface area (Å²) in [4.78, 5) is 41.2. The van der Waals surface area contributed by atoms with Crippen molar-refractivity contribution in [2.45, 2.75) is 12.8 Å². The molecule has 1 saturated heterocycles. The minimum atomic E-state index is -0.394. The number of hydrogen-bond donors (Lipinski definition) is 4. The van der Waals surface area contributed by atoms with Crippen molar-refractivity contribution >= 4 is 68.0 Å². The molecule has 0 bridgehead atoms. The van der Waals surface area contributed by atoms with Crippen LogP contribution in [0.1, 0.15) is 12.8 Å². The summed E-state index contributed by atoms with van der Waals surface area (Å²) in [7, 11) is 6.31. The molecule has 1 heterocycles. The van der Waals surface area contributed by atoms with Gasteiger partial charge in [-0.2, -0.15) is 0 Å². The van der Waals surface area contributed by atoms with Crippen LogP contribution in [0.3, 0.4) is 0 Å². The SMILES string of the molecule is C=C.NCCSSCCNC=O.NCCSSN.O=CN1C(=O)CCC1=O. The molecule has 1 rings (SSSR count). The Kier molecular flexibility index (Phi) is 31.6. The van der Waals surface area contributed by atoms with E-state index in [1.165, 1.54) is 11.0 Å². The smallest absolute Gasteiger partial charge is 0.236 e. The standard InChI is InChI=1S/C5H12N2OS2.C5H5NO3.C2H8N2S2.C2H4/c6-1-3-9-10-4-2-7-5-8;7-3-6-4(8)1-2-5(6)9;3-1-2-5-6-4;1-2/h5H,1-4,6H2,(H,7,8);3H,1-2H2;1-4H2;1-2H2. The normalized spacial score (nSPS) is 11.9. The van der Waals surface area contributed by atoms with Crippen molar-refractivity contribution in [3.63, 3.8) is 0 Å². The number of hydrogen-bond acceptors (Lipinski definition) is 11. The lowest BCUT2D eigenvalue weighted by Crippen LogP contribution is -2.26. The molecule has 13 heteroatoms. The first kappa shape index (κ1) is 31.0. The first-order valence-electron chi connectivity index (χ1n) is 7.69. The van der Waals surface area contributed by atoms with Crippen molar-refractivity contribution in [2.75, 3.05) is 36.9 Å². The van der Waals surface area contributed by atoms with Gasteiger partial charge in [0.1, 0.15) is 0 Å². The third-order valence-electron chi connectivity index (χ3n) is 2.16. The van der Waals surface area contributed by atoms with E-state index in [2.05, 4.69) is 18.5 Å². The Hall–Kier alpha value is -0.700. The predicted molar refractivity (Wildman–Crippen MR) is 120 cm³/mol. The van der Waals surface area contributed by atoms with Gasteiger partial charge in [0.25, 0.3) is 0 Å². The van der Waals surface area contributed by atoms with E-state index in [1.807, 2.05) is 0 Å². The number of nitrogens with two attached hydrogens (primary N) is 3. The van der Waals surface area contributed by atoms with Crippen molar-refractivity contribution in [3.05, 3.63) is 13.2 Å². The lowest BCUT2D eigenvalue weighted by molar-refractivity contribution is -0.143. The fourth-order valence-electron chi connectivity index (χ4n) is 1.13. The fourth-order valence-corrected chi connectivity index (χ4v) is 3.68. The maximum absolute atomic E-state index is 10.5. The van der Waals surface area contributed by atoms with Crippen molar-refractivity contribution in [3.8, 4) is 0 Å². The summed E-state index contributed by atoms with van der Waals surface area (Å²) in [6.07, 6.45) is 1.33. The number of amides is 4. The molecule has 0 aromatic heterocycles. The van der Waals surface area contributed by atoms with E-state index in [4.69, 9.17) is 16.6 Å². The highest BCUT2D eigenvalue weighted by molar-refractivity contribution is 8.76. The highest BCUT2D eigenvalue weighted by Crippen LogP contribution is 2.18. The molecule has 7 N–H and O–H groups in total. The van der Waals surface area contributed by atoms with E-state index in [9.17, 15) is 19.2 Å². The van der Waals surface area contributed by atoms with Gasteiger partial charge in [-0.25, -0.2) is 4.90 Å².